The second-order valence-electron chi connectivity index (χ2n) is 6.00. The van der Waals surface area contributed by atoms with Crippen molar-refractivity contribution < 1.29 is 9.59 Å². The van der Waals surface area contributed by atoms with Crippen LogP contribution >= 0.6 is 0 Å². The Hall–Kier alpha value is -3.94. The first-order chi connectivity index (χ1) is 13.1. The minimum absolute atomic E-state index is 0.0638. The van der Waals surface area contributed by atoms with E-state index >= 15 is 0 Å². The van der Waals surface area contributed by atoms with E-state index in [1.165, 1.54) is 0 Å². The Morgan fingerprint density at radius 1 is 1.04 bits per heavy atom. The third-order valence-corrected chi connectivity index (χ3v) is 4.27. The van der Waals surface area contributed by atoms with Gasteiger partial charge < -0.3 is 21.4 Å². The summed E-state index contributed by atoms with van der Waals surface area (Å²) in [6.45, 7) is 0. The molecule has 0 aliphatic rings. The summed E-state index contributed by atoms with van der Waals surface area (Å²) >= 11 is 0. The minimum atomic E-state index is -0.452. The molecule has 2 heterocycles. The number of aromatic nitrogens is 3. The van der Waals surface area contributed by atoms with Crippen LogP contribution in [0.5, 0.6) is 0 Å². The summed E-state index contributed by atoms with van der Waals surface area (Å²) in [5.74, 6) is -0.664. The van der Waals surface area contributed by atoms with Crippen LogP contribution in [0.15, 0.2) is 48.5 Å². The maximum Gasteiger partial charge on any atom is 0.278 e. The molecule has 0 aliphatic carbocycles. The maximum atomic E-state index is 12.6. The topological polar surface area (TPSA) is 126 Å². The molecule has 4 rings (SSSR count). The molecule has 134 valence electrons. The van der Waals surface area contributed by atoms with E-state index in [1.54, 1.807) is 43.4 Å². The van der Waals surface area contributed by atoms with Gasteiger partial charge in [0.05, 0.1) is 11.2 Å². The Kier molecular flexibility index (Phi) is 3.92. The lowest BCUT2D eigenvalue weighted by atomic mass is 10.1. The van der Waals surface area contributed by atoms with Gasteiger partial charge in [0.1, 0.15) is 5.69 Å². The zero-order valence-corrected chi connectivity index (χ0v) is 14.4. The zero-order valence-electron chi connectivity index (χ0n) is 14.4. The van der Waals surface area contributed by atoms with Crippen LogP contribution in [0, 0.1) is 0 Å². The van der Waals surface area contributed by atoms with Gasteiger partial charge in [-0.05, 0) is 30.3 Å². The Morgan fingerprint density at radius 2 is 1.85 bits per heavy atom. The SMILES string of the molecule is CNC(=O)c1cc2cc(NC(=O)c3nnc4ccccc4c3N)ccc2[nH]1. The summed E-state index contributed by atoms with van der Waals surface area (Å²) in [4.78, 5) is 27.4. The standard InChI is InChI=1S/C19H16N6O2/c1-21-18(26)15-9-10-8-11(6-7-13(10)23-15)22-19(27)17-16(20)12-4-2-3-5-14(12)24-25-17/h2-9,23H,1H3,(H2,20,24)(H,21,26)(H,22,27). The Morgan fingerprint density at radius 3 is 2.67 bits per heavy atom. The Bertz CT molecular complexity index is 1200. The average molecular weight is 360 g/mol. The number of fused-ring (bicyclic) bond motifs is 2. The number of nitrogens with zero attached hydrogens (tertiary/aromatic N) is 2. The number of anilines is 2. The van der Waals surface area contributed by atoms with Crippen molar-refractivity contribution in [3.63, 3.8) is 0 Å². The molecule has 0 unspecified atom stereocenters. The molecule has 8 nitrogen and oxygen atoms in total. The molecule has 2 amide bonds. The van der Waals surface area contributed by atoms with Crippen molar-refractivity contribution in [3.8, 4) is 0 Å². The summed E-state index contributed by atoms with van der Waals surface area (Å²) in [6.07, 6.45) is 0. The molecule has 4 aromatic rings. The van der Waals surface area contributed by atoms with E-state index in [9.17, 15) is 9.59 Å². The van der Waals surface area contributed by atoms with Crippen molar-refractivity contribution in [2.75, 3.05) is 18.1 Å². The number of carbonyl (C=O) groups is 2. The van der Waals surface area contributed by atoms with Gasteiger partial charge in [0, 0.05) is 29.0 Å². The van der Waals surface area contributed by atoms with E-state index in [2.05, 4.69) is 25.8 Å². The number of carbonyl (C=O) groups excluding carboxylic acids is 2. The molecular weight excluding hydrogens is 344 g/mol. The minimum Gasteiger partial charge on any atom is -0.396 e. The van der Waals surface area contributed by atoms with Gasteiger partial charge in [0.2, 0.25) is 0 Å². The van der Waals surface area contributed by atoms with E-state index in [4.69, 9.17) is 5.73 Å². The quantitative estimate of drug-likeness (QED) is 0.446. The molecule has 0 spiro atoms. The molecule has 8 heteroatoms. The number of nitrogens with one attached hydrogen (secondary N) is 3. The normalized spacial score (nSPS) is 10.9. The van der Waals surface area contributed by atoms with Crippen LogP contribution in [0.2, 0.25) is 0 Å². The van der Waals surface area contributed by atoms with Gasteiger partial charge in [-0.15, -0.1) is 10.2 Å². The lowest BCUT2D eigenvalue weighted by molar-refractivity contribution is 0.0958. The van der Waals surface area contributed by atoms with Gasteiger partial charge in [-0.2, -0.15) is 0 Å². The lowest BCUT2D eigenvalue weighted by Crippen LogP contribution is -2.17. The van der Waals surface area contributed by atoms with Crippen molar-refractivity contribution in [2.24, 2.45) is 0 Å². The number of benzene rings is 2. The van der Waals surface area contributed by atoms with Crippen molar-refractivity contribution in [3.05, 3.63) is 59.9 Å². The number of amides is 2. The molecule has 2 aromatic heterocycles. The number of hydrogen-bond donors (Lipinski definition) is 4. The molecule has 0 aliphatic heterocycles. The first-order valence-corrected chi connectivity index (χ1v) is 8.24. The van der Waals surface area contributed by atoms with Crippen LogP contribution in [0.25, 0.3) is 21.8 Å². The van der Waals surface area contributed by atoms with Crippen molar-refractivity contribution in [1.29, 1.82) is 0 Å². The summed E-state index contributed by atoms with van der Waals surface area (Å²) in [5, 5.41) is 14.8. The highest BCUT2D eigenvalue weighted by atomic mass is 16.2. The molecule has 0 radical (unpaired) electrons. The summed E-state index contributed by atoms with van der Waals surface area (Å²) in [7, 11) is 1.56. The number of aromatic amines is 1. The zero-order chi connectivity index (χ0) is 19.0. The van der Waals surface area contributed by atoms with Crippen LogP contribution in [-0.4, -0.2) is 34.0 Å². The predicted octanol–water partition coefficient (Wildman–Crippen LogP) is 2.31. The third-order valence-electron chi connectivity index (χ3n) is 4.27. The summed E-state index contributed by atoms with van der Waals surface area (Å²) in [5.41, 5.74) is 8.87. The fourth-order valence-corrected chi connectivity index (χ4v) is 2.90. The van der Waals surface area contributed by atoms with Crippen molar-refractivity contribution in [2.45, 2.75) is 0 Å². The first-order valence-electron chi connectivity index (χ1n) is 8.24. The van der Waals surface area contributed by atoms with Gasteiger partial charge in [-0.25, -0.2) is 0 Å². The monoisotopic (exact) mass is 360 g/mol. The third kappa shape index (κ3) is 2.93. The fourth-order valence-electron chi connectivity index (χ4n) is 2.90. The Labute approximate surface area is 153 Å². The number of hydrogen-bond acceptors (Lipinski definition) is 5. The second kappa shape index (κ2) is 6.41. The number of nitrogens with two attached hydrogens (primary N) is 1. The highest BCUT2D eigenvalue weighted by Gasteiger charge is 2.16. The number of nitrogen functional groups attached to an aromatic ring is 1. The van der Waals surface area contributed by atoms with Gasteiger partial charge in [-0.3, -0.25) is 9.59 Å². The van der Waals surface area contributed by atoms with E-state index < -0.39 is 5.91 Å². The molecule has 2 aromatic carbocycles. The first kappa shape index (κ1) is 16.5. The van der Waals surface area contributed by atoms with Crippen LogP contribution in [-0.2, 0) is 0 Å². The summed E-state index contributed by atoms with van der Waals surface area (Å²) < 4.78 is 0. The lowest BCUT2D eigenvalue weighted by Gasteiger charge is -2.08. The van der Waals surface area contributed by atoms with E-state index in [1.807, 2.05) is 12.1 Å². The smallest absolute Gasteiger partial charge is 0.278 e. The molecule has 27 heavy (non-hydrogen) atoms. The predicted molar refractivity (Wildman–Crippen MR) is 104 cm³/mol. The average Bonchev–Trinajstić information content (AvgIpc) is 3.11. The highest BCUT2D eigenvalue weighted by molar-refractivity contribution is 6.11. The van der Waals surface area contributed by atoms with Crippen molar-refractivity contribution >= 4 is 45.0 Å². The van der Waals surface area contributed by atoms with E-state index in [0.29, 0.717) is 22.3 Å². The Balaban J connectivity index is 1.64. The van der Waals surface area contributed by atoms with Gasteiger partial charge in [0.25, 0.3) is 11.8 Å². The largest absolute Gasteiger partial charge is 0.396 e. The molecule has 0 atom stereocenters. The van der Waals surface area contributed by atoms with Crippen LogP contribution in [0.1, 0.15) is 21.0 Å². The van der Waals surface area contributed by atoms with Gasteiger partial charge in [0.15, 0.2) is 5.69 Å². The maximum absolute atomic E-state index is 12.6. The molecule has 0 fully saturated rings. The van der Waals surface area contributed by atoms with Gasteiger partial charge in [-0.1, -0.05) is 18.2 Å². The summed E-state index contributed by atoms with van der Waals surface area (Å²) in [6, 6.07) is 14.2. The van der Waals surface area contributed by atoms with Crippen LogP contribution in [0.4, 0.5) is 11.4 Å². The fraction of sp³-hybridized carbons (Fsp3) is 0.0526. The van der Waals surface area contributed by atoms with E-state index in [0.717, 1.165) is 10.9 Å². The van der Waals surface area contributed by atoms with Crippen LogP contribution in [0.3, 0.4) is 0 Å². The number of rotatable bonds is 3. The number of H-pyrrole nitrogens is 1. The highest BCUT2D eigenvalue weighted by Crippen LogP contribution is 2.23. The molecule has 5 N–H and O–H groups in total. The molecule has 0 saturated heterocycles. The second-order valence-corrected chi connectivity index (χ2v) is 6.00. The molecular formula is C19H16N6O2. The molecule has 0 bridgehead atoms. The van der Waals surface area contributed by atoms with Gasteiger partial charge >= 0.3 is 0 Å². The molecule has 0 saturated carbocycles. The van der Waals surface area contributed by atoms with E-state index in [-0.39, 0.29) is 17.3 Å². The van der Waals surface area contributed by atoms with Crippen molar-refractivity contribution in [1.82, 2.24) is 20.5 Å². The van der Waals surface area contributed by atoms with Crippen LogP contribution < -0.4 is 16.4 Å².